The van der Waals surface area contributed by atoms with Gasteiger partial charge in [0.05, 0.1) is 0 Å². The fraction of sp³-hybridized carbons (Fsp3) is 0.476. The van der Waals surface area contributed by atoms with Crippen molar-refractivity contribution >= 4 is 5.82 Å². The molecule has 1 aliphatic carbocycles. The van der Waals surface area contributed by atoms with Gasteiger partial charge in [-0.1, -0.05) is 18.9 Å². The predicted molar refractivity (Wildman–Crippen MR) is 108 cm³/mol. The lowest BCUT2D eigenvalue weighted by Crippen LogP contribution is -2.41. The Hall–Kier alpha value is -3.21. The van der Waals surface area contributed by atoms with E-state index in [0.29, 0.717) is 19.8 Å². The molecule has 0 bridgehead atoms. The summed E-state index contributed by atoms with van der Waals surface area (Å²) >= 11 is 0. The normalized spacial score (nSPS) is 17.0. The van der Waals surface area contributed by atoms with Crippen molar-refractivity contribution in [2.75, 3.05) is 25.1 Å². The van der Waals surface area contributed by atoms with E-state index in [0.717, 1.165) is 47.3 Å². The average molecular weight is 396 g/mol. The van der Waals surface area contributed by atoms with Gasteiger partial charge in [-0.15, -0.1) is 0 Å². The molecule has 2 aromatic rings. The maximum Gasteiger partial charge on any atom is 0.332 e. The van der Waals surface area contributed by atoms with Gasteiger partial charge < -0.3 is 14.8 Å². The fourth-order valence-corrected chi connectivity index (χ4v) is 4.40. The van der Waals surface area contributed by atoms with Crippen LogP contribution in [-0.2, 0) is 19.5 Å². The van der Waals surface area contributed by atoms with Crippen molar-refractivity contribution in [3.63, 3.8) is 0 Å². The van der Waals surface area contributed by atoms with E-state index in [1.165, 1.54) is 11.6 Å². The van der Waals surface area contributed by atoms with E-state index >= 15 is 0 Å². The molecular formula is C21H24N4O4. The van der Waals surface area contributed by atoms with Gasteiger partial charge in [0.15, 0.2) is 17.1 Å². The maximum absolute atomic E-state index is 12.4. The van der Waals surface area contributed by atoms with E-state index in [4.69, 9.17) is 9.47 Å². The number of hydrogen-bond acceptors (Lipinski definition) is 6. The number of nitrogens with one attached hydrogen (secondary N) is 1. The summed E-state index contributed by atoms with van der Waals surface area (Å²) in [6.07, 6.45) is 4.13. The smallest absolute Gasteiger partial charge is 0.332 e. The zero-order valence-electron chi connectivity index (χ0n) is 16.7. The highest BCUT2D eigenvalue weighted by Gasteiger charge is 2.37. The largest absolute Gasteiger partial charge is 0.486 e. The molecule has 2 aliphatic rings. The SMILES string of the molecule is Cn1c(NCC2(c3ccc4c(c3)OCCO4)CCCC2)c(C#N)c(=O)n(C)c1=O. The zero-order chi connectivity index (χ0) is 20.6. The van der Waals surface area contributed by atoms with Crippen LogP contribution in [0.25, 0.3) is 0 Å². The molecule has 1 aromatic carbocycles. The number of ether oxygens (including phenoxy) is 2. The van der Waals surface area contributed by atoms with Gasteiger partial charge in [0, 0.05) is 26.1 Å². The van der Waals surface area contributed by atoms with Crippen molar-refractivity contribution in [3.8, 4) is 17.6 Å². The van der Waals surface area contributed by atoms with Gasteiger partial charge in [0.1, 0.15) is 25.1 Å². The highest BCUT2D eigenvalue weighted by molar-refractivity contribution is 5.52. The number of benzene rings is 1. The summed E-state index contributed by atoms with van der Waals surface area (Å²) in [5.74, 6) is 1.77. The Morgan fingerprint density at radius 3 is 2.48 bits per heavy atom. The Kier molecular flexibility index (Phi) is 4.82. The lowest BCUT2D eigenvalue weighted by Gasteiger charge is -2.32. The van der Waals surface area contributed by atoms with E-state index < -0.39 is 11.2 Å². The lowest BCUT2D eigenvalue weighted by molar-refractivity contribution is 0.171. The predicted octanol–water partition coefficient (Wildman–Crippen LogP) is 1.65. The number of rotatable bonds is 4. The molecule has 0 amide bonds. The number of nitriles is 1. The maximum atomic E-state index is 12.4. The fourth-order valence-electron chi connectivity index (χ4n) is 4.40. The number of hydrogen-bond donors (Lipinski definition) is 1. The van der Waals surface area contributed by atoms with Crippen molar-refractivity contribution in [1.82, 2.24) is 9.13 Å². The Bertz CT molecular complexity index is 1100. The second kappa shape index (κ2) is 7.32. The van der Waals surface area contributed by atoms with Crippen LogP contribution in [0, 0.1) is 11.3 Å². The summed E-state index contributed by atoms with van der Waals surface area (Å²) in [6.45, 7) is 1.59. The first-order chi connectivity index (χ1) is 14.0. The van der Waals surface area contributed by atoms with Gasteiger partial charge in [-0.05, 0) is 30.5 Å². The third kappa shape index (κ3) is 3.16. The number of aromatic nitrogens is 2. The third-order valence-electron chi connectivity index (χ3n) is 6.09. The molecule has 152 valence electrons. The number of fused-ring (bicyclic) bond motifs is 1. The van der Waals surface area contributed by atoms with Crippen molar-refractivity contribution in [2.45, 2.75) is 31.1 Å². The molecule has 0 radical (unpaired) electrons. The Labute approximate surface area is 168 Å². The average Bonchev–Trinajstić information content (AvgIpc) is 3.23. The summed E-state index contributed by atoms with van der Waals surface area (Å²) in [6, 6.07) is 7.99. The van der Waals surface area contributed by atoms with Gasteiger partial charge in [-0.2, -0.15) is 5.26 Å². The number of anilines is 1. The highest BCUT2D eigenvalue weighted by atomic mass is 16.6. The molecule has 1 N–H and O–H groups in total. The van der Waals surface area contributed by atoms with Gasteiger partial charge in [-0.3, -0.25) is 13.9 Å². The molecule has 1 saturated carbocycles. The third-order valence-corrected chi connectivity index (χ3v) is 6.09. The van der Waals surface area contributed by atoms with Crippen LogP contribution in [-0.4, -0.2) is 28.9 Å². The van der Waals surface area contributed by atoms with Crippen LogP contribution in [0.5, 0.6) is 11.5 Å². The minimum atomic E-state index is -0.585. The van der Waals surface area contributed by atoms with Crippen LogP contribution in [0.1, 0.15) is 36.8 Å². The van der Waals surface area contributed by atoms with Crippen LogP contribution in [0.3, 0.4) is 0 Å². The topological polar surface area (TPSA) is 98.3 Å². The van der Waals surface area contributed by atoms with Crippen molar-refractivity contribution in [2.24, 2.45) is 14.1 Å². The quantitative estimate of drug-likeness (QED) is 0.844. The summed E-state index contributed by atoms with van der Waals surface area (Å²) in [5, 5.41) is 12.8. The standard InChI is InChI=1S/C21H24N4O4/c1-24-18(15(12-22)19(26)25(2)20(24)27)23-13-21(7-3-4-8-21)14-5-6-16-17(11-14)29-10-9-28-16/h5-6,11,23H,3-4,7-10,13H2,1-2H3. The molecule has 8 heteroatoms. The van der Waals surface area contributed by atoms with Crippen LogP contribution in [0.2, 0.25) is 0 Å². The van der Waals surface area contributed by atoms with Gasteiger partial charge in [-0.25, -0.2) is 4.79 Å². The molecular weight excluding hydrogens is 372 g/mol. The van der Waals surface area contributed by atoms with Crippen LogP contribution < -0.4 is 26.0 Å². The zero-order valence-corrected chi connectivity index (χ0v) is 16.7. The molecule has 0 atom stereocenters. The molecule has 0 unspecified atom stereocenters. The first-order valence-corrected chi connectivity index (χ1v) is 9.81. The molecule has 1 aromatic heterocycles. The second-order valence-electron chi connectivity index (χ2n) is 7.74. The monoisotopic (exact) mass is 396 g/mol. The van der Waals surface area contributed by atoms with Crippen molar-refractivity contribution in [1.29, 1.82) is 5.26 Å². The lowest BCUT2D eigenvalue weighted by atomic mass is 9.78. The van der Waals surface area contributed by atoms with Gasteiger partial charge in [0.25, 0.3) is 5.56 Å². The van der Waals surface area contributed by atoms with E-state index in [9.17, 15) is 14.9 Å². The first-order valence-electron chi connectivity index (χ1n) is 9.81. The summed E-state index contributed by atoms with van der Waals surface area (Å²) in [4.78, 5) is 24.7. The summed E-state index contributed by atoms with van der Waals surface area (Å²) < 4.78 is 13.7. The van der Waals surface area contributed by atoms with Crippen molar-refractivity contribution in [3.05, 3.63) is 50.2 Å². The number of nitrogens with zero attached hydrogens (tertiary/aromatic N) is 3. The summed E-state index contributed by atoms with van der Waals surface area (Å²) in [7, 11) is 2.94. The Balaban J connectivity index is 1.70. The summed E-state index contributed by atoms with van der Waals surface area (Å²) in [5.41, 5.74) is -0.127. The second-order valence-corrected chi connectivity index (χ2v) is 7.74. The van der Waals surface area contributed by atoms with Gasteiger partial charge in [0.2, 0.25) is 0 Å². The van der Waals surface area contributed by atoms with E-state index in [2.05, 4.69) is 11.4 Å². The minimum absolute atomic E-state index is 0.0510. The molecule has 1 fully saturated rings. The van der Waals surface area contributed by atoms with Crippen LogP contribution in [0.15, 0.2) is 27.8 Å². The van der Waals surface area contributed by atoms with E-state index in [1.807, 2.05) is 18.2 Å². The molecule has 0 spiro atoms. The highest BCUT2D eigenvalue weighted by Crippen LogP contribution is 2.44. The molecule has 4 rings (SSSR count). The van der Waals surface area contributed by atoms with Gasteiger partial charge >= 0.3 is 5.69 Å². The van der Waals surface area contributed by atoms with E-state index in [-0.39, 0.29) is 16.8 Å². The van der Waals surface area contributed by atoms with Crippen LogP contribution >= 0.6 is 0 Å². The molecule has 8 nitrogen and oxygen atoms in total. The Morgan fingerprint density at radius 2 is 1.79 bits per heavy atom. The van der Waals surface area contributed by atoms with E-state index in [1.54, 1.807) is 7.05 Å². The molecule has 1 aliphatic heterocycles. The molecule has 2 heterocycles. The molecule has 29 heavy (non-hydrogen) atoms. The first kappa shape index (κ1) is 19.1. The minimum Gasteiger partial charge on any atom is -0.486 e. The van der Waals surface area contributed by atoms with Crippen LogP contribution in [0.4, 0.5) is 5.82 Å². The Morgan fingerprint density at radius 1 is 1.10 bits per heavy atom. The van der Waals surface area contributed by atoms with Crippen molar-refractivity contribution < 1.29 is 9.47 Å². The molecule has 0 saturated heterocycles.